The van der Waals surface area contributed by atoms with E-state index in [0.29, 0.717) is 19.6 Å². The summed E-state index contributed by atoms with van der Waals surface area (Å²) in [7, 11) is 0. The van der Waals surface area contributed by atoms with Crippen molar-refractivity contribution in [3.05, 3.63) is 24.3 Å². The van der Waals surface area contributed by atoms with Gasteiger partial charge in [-0.15, -0.1) is 0 Å². The molecule has 1 fully saturated rings. The lowest BCUT2D eigenvalue weighted by molar-refractivity contribution is -0.139. The van der Waals surface area contributed by atoms with E-state index in [9.17, 15) is 4.79 Å². The first-order valence-electron chi connectivity index (χ1n) is 10.5. The number of hydrogen-bond donors (Lipinski definition) is 1. The van der Waals surface area contributed by atoms with E-state index in [1.165, 1.54) is 38.8 Å². The Morgan fingerprint density at radius 2 is 1.74 bits per heavy atom. The van der Waals surface area contributed by atoms with Crippen molar-refractivity contribution < 1.29 is 14.3 Å². The Hall–Kier alpha value is -1.59. The molecule has 1 atom stereocenters. The van der Waals surface area contributed by atoms with Gasteiger partial charge in [-0.05, 0) is 70.0 Å². The monoisotopic (exact) mass is 376 g/mol. The van der Waals surface area contributed by atoms with Crippen LogP contribution in [0.1, 0.15) is 59.3 Å². The Labute approximate surface area is 164 Å². The maximum Gasteiger partial charge on any atom is 0.256 e. The van der Waals surface area contributed by atoms with E-state index in [1.807, 2.05) is 45.0 Å². The fourth-order valence-electron chi connectivity index (χ4n) is 3.21. The van der Waals surface area contributed by atoms with Crippen LogP contribution in [0.15, 0.2) is 24.3 Å². The summed E-state index contributed by atoms with van der Waals surface area (Å²) < 4.78 is 11.6. The predicted octanol–water partition coefficient (Wildman–Crippen LogP) is 4.48. The van der Waals surface area contributed by atoms with Crippen molar-refractivity contribution in [1.82, 2.24) is 4.90 Å². The average molecular weight is 377 g/mol. The molecule has 5 heteroatoms. The molecule has 2 rings (SSSR count). The highest BCUT2D eigenvalue weighted by atomic mass is 16.5. The van der Waals surface area contributed by atoms with Crippen LogP contribution in [0, 0.1) is 0 Å². The number of anilines is 1. The van der Waals surface area contributed by atoms with E-state index >= 15 is 0 Å². The summed E-state index contributed by atoms with van der Waals surface area (Å²) in [6.45, 7) is 10.5. The Kier molecular flexibility index (Phi) is 9.08. The number of rotatable bonds is 10. The Balaban J connectivity index is 1.79. The number of carbonyl (C=O) groups is 1. The molecule has 1 saturated heterocycles. The zero-order valence-corrected chi connectivity index (χ0v) is 17.3. The SMILES string of the molecule is CCCO[C@](C)(CC)C(=O)Nc1ccc(OCCN2CCCCCC2)cc1. The number of ether oxygens (including phenoxy) is 2. The Morgan fingerprint density at radius 1 is 1.07 bits per heavy atom. The van der Waals surface area contributed by atoms with Crippen molar-refractivity contribution in [2.24, 2.45) is 0 Å². The summed E-state index contributed by atoms with van der Waals surface area (Å²) in [6.07, 6.45) is 6.83. The molecule has 0 bridgehead atoms. The normalized spacial score (nSPS) is 17.7. The molecule has 0 aromatic heterocycles. The number of amides is 1. The van der Waals surface area contributed by atoms with Crippen molar-refractivity contribution in [2.45, 2.75) is 64.9 Å². The fourth-order valence-corrected chi connectivity index (χ4v) is 3.21. The largest absolute Gasteiger partial charge is 0.492 e. The molecule has 0 saturated carbocycles. The standard InChI is InChI=1S/C22H36N2O3/c1-4-17-27-22(3,5-2)21(25)23-19-10-12-20(13-11-19)26-18-16-24-14-8-6-7-9-15-24/h10-13H,4-9,14-18H2,1-3H3,(H,23,25)/t22-/m1/s1. The molecule has 0 radical (unpaired) electrons. The van der Waals surface area contributed by atoms with Crippen LogP contribution in [0.4, 0.5) is 5.69 Å². The molecule has 0 unspecified atom stereocenters. The van der Waals surface area contributed by atoms with Crippen molar-refractivity contribution in [2.75, 3.05) is 38.2 Å². The maximum absolute atomic E-state index is 12.6. The van der Waals surface area contributed by atoms with Gasteiger partial charge in [0.15, 0.2) is 0 Å². The summed E-state index contributed by atoms with van der Waals surface area (Å²) in [5.74, 6) is 0.733. The molecule has 1 aliphatic rings. The molecule has 1 heterocycles. The van der Waals surface area contributed by atoms with Crippen LogP contribution in [-0.2, 0) is 9.53 Å². The van der Waals surface area contributed by atoms with Crippen LogP contribution in [0.25, 0.3) is 0 Å². The topological polar surface area (TPSA) is 50.8 Å². The lowest BCUT2D eigenvalue weighted by Gasteiger charge is -2.27. The highest BCUT2D eigenvalue weighted by Gasteiger charge is 2.32. The van der Waals surface area contributed by atoms with Crippen LogP contribution < -0.4 is 10.1 Å². The third-order valence-electron chi connectivity index (χ3n) is 5.27. The van der Waals surface area contributed by atoms with E-state index in [4.69, 9.17) is 9.47 Å². The third-order valence-corrected chi connectivity index (χ3v) is 5.27. The van der Waals surface area contributed by atoms with Gasteiger partial charge in [-0.1, -0.05) is 26.7 Å². The summed E-state index contributed by atoms with van der Waals surface area (Å²) in [5, 5.41) is 2.96. The molecule has 27 heavy (non-hydrogen) atoms. The van der Waals surface area contributed by atoms with Crippen LogP contribution in [-0.4, -0.2) is 49.3 Å². The number of carbonyl (C=O) groups excluding carboxylic acids is 1. The number of benzene rings is 1. The summed E-state index contributed by atoms with van der Waals surface area (Å²) in [6, 6.07) is 7.59. The van der Waals surface area contributed by atoms with Gasteiger partial charge in [0.05, 0.1) is 0 Å². The van der Waals surface area contributed by atoms with Crippen molar-refractivity contribution in [3.8, 4) is 5.75 Å². The number of hydrogen-bond acceptors (Lipinski definition) is 4. The highest BCUT2D eigenvalue weighted by molar-refractivity contribution is 5.97. The molecule has 152 valence electrons. The number of nitrogens with one attached hydrogen (secondary N) is 1. The minimum atomic E-state index is -0.793. The second-order valence-corrected chi connectivity index (χ2v) is 7.52. The summed E-state index contributed by atoms with van der Waals surface area (Å²) in [5.41, 5.74) is -0.0298. The van der Waals surface area contributed by atoms with Crippen molar-refractivity contribution >= 4 is 11.6 Å². The van der Waals surface area contributed by atoms with Gasteiger partial charge in [0.1, 0.15) is 18.0 Å². The molecule has 1 aromatic carbocycles. The molecule has 0 aliphatic carbocycles. The van der Waals surface area contributed by atoms with Gasteiger partial charge in [0, 0.05) is 18.8 Å². The fraction of sp³-hybridized carbons (Fsp3) is 0.682. The van der Waals surface area contributed by atoms with E-state index in [2.05, 4.69) is 10.2 Å². The van der Waals surface area contributed by atoms with Crippen LogP contribution in [0.2, 0.25) is 0 Å². The third kappa shape index (κ3) is 7.15. The van der Waals surface area contributed by atoms with E-state index in [1.54, 1.807) is 0 Å². The second-order valence-electron chi connectivity index (χ2n) is 7.52. The lowest BCUT2D eigenvalue weighted by Crippen LogP contribution is -2.42. The van der Waals surface area contributed by atoms with Gasteiger partial charge in [0.2, 0.25) is 0 Å². The van der Waals surface area contributed by atoms with Crippen LogP contribution in [0.3, 0.4) is 0 Å². The van der Waals surface area contributed by atoms with Gasteiger partial charge in [-0.25, -0.2) is 0 Å². The van der Waals surface area contributed by atoms with Gasteiger partial charge < -0.3 is 14.8 Å². The maximum atomic E-state index is 12.6. The average Bonchev–Trinajstić information content (AvgIpc) is 2.96. The molecule has 1 amide bonds. The molecule has 1 aliphatic heterocycles. The zero-order chi connectivity index (χ0) is 19.5. The van der Waals surface area contributed by atoms with E-state index < -0.39 is 5.60 Å². The Bertz CT molecular complexity index is 553. The van der Waals surface area contributed by atoms with Crippen LogP contribution >= 0.6 is 0 Å². The summed E-state index contributed by atoms with van der Waals surface area (Å²) in [4.78, 5) is 15.0. The molecular formula is C22H36N2O3. The van der Waals surface area contributed by atoms with Gasteiger partial charge >= 0.3 is 0 Å². The first-order chi connectivity index (χ1) is 13.1. The number of nitrogens with zero attached hydrogens (tertiary/aromatic N) is 1. The first kappa shape index (κ1) is 21.7. The van der Waals surface area contributed by atoms with Gasteiger partial charge in [0.25, 0.3) is 5.91 Å². The van der Waals surface area contributed by atoms with Gasteiger partial charge in [-0.2, -0.15) is 0 Å². The smallest absolute Gasteiger partial charge is 0.256 e. The first-order valence-corrected chi connectivity index (χ1v) is 10.5. The number of likely N-dealkylation sites (tertiary alicyclic amines) is 1. The van der Waals surface area contributed by atoms with Crippen molar-refractivity contribution in [1.29, 1.82) is 0 Å². The quantitative estimate of drug-likeness (QED) is 0.654. The Morgan fingerprint density at radius 3 is 2.33 bits per heavy atom. The van der Waals surface area contributed by atoms with Crippen LogP contribution in [0.5, 0.6) is 5.75 Å². The predicted molar refractivity (Wildman–Crippen MR) is 110 cm³/mol. The minimum Gasteiger partial charge on any atom is -0.492 e. The van der Waals surface area contributed by atoms with E-state index in [0.717, 1.165) is 24.4 Å². The molecule has 0 spiro atoms. The van der Waals surface area contributed by atoms with Gasteiger partial charge in [-0.3, -0.25) is 9.69 Å². The highest BCUT2D eigenvalue weighted by Crippen LogP contribution is 2.21. The summed E-state index contributed by atoms with van der Waals surface area (Å²) >= 11 is 0. The molecular weight excluding hydrogens is 340 g/mol. The molecule has 5 nitrogen and oxygen atoms in total. The van der Waals surface area contributed by atoms with Crippen molar-refractivity contribution in [3.63, 3.8) is 0 Å². The minimum absolute atomic E-state index is 0.103. The lowest BCUT2D eigenvalue weighted by atomic mass is 10.0. The molecule has 1 N–H and O–H groups in total. The zero-order valence-electron chi connectivity index (χ0n) is 17.3. The second kappa shape index (κ2) is 11.3. The van der Waals surface area contributed by atoms with E-state index in [-0.39, 0.29) is 5.91 Å². The molecule has 1 aromatic rings.